The van der Waals surface area contributed by atoms with Crippen LogP contribution in [-0.4, -0.2) is 20.4 Å². The average Bonchev–Trinajstić information content (AvgIpc) is 3.41. The summed E-state index contributed by atoms with van der Waals surface area (Å²) >= 11 is 0.949. The highest BCUT2D eigenvalue weighted by Gasteiger charge is 2.16. The number of aromatic hydroxyl groups is 1. The Morgan fingerprint density at radius 1 is 1.13 bits per heavy atom. The van der Waals surface area contributed by atoms with Gasteiger partial charge in [0.05, 0.1) is 17.6 Å². The van der Waals surface area contributed by atoms with Gasteiger partial charge in [-0.05, 0) is 31.5 Å². The third-order valence-electron chi connectivity index (χ3n) is 4.81. The summed E-state index contributed by atoms with van der Waals surface area (Å²) in [6, 6.07) is 10.7. The highest BCUT2D eigenvalue weighted by Crippen LogP contribution is 2.24. The summed E-state index contributed by atoms with van der Waals surface area (Å²) in [6.45, 7) is 3.93. The number of hydrogen-bond donors (Lipinski definition) is 1. The molecule has 4 aromatic rings. The Balaban J connectivity index is 1.40. The summed E-state index contributed by atoms with van der Waals surface area (Å²) in [6.07, 6.45) is 0.766. The minimum atomic E-state index is -0.222. The molecule has 154 valence electrons. The van der Waals surface area contributed by atoms with Gasteiger partial charge in [-0.1, -0.05) is 35.6 Å². The zero-order chi connectivity index (χ0) is 21.3. The predicted octanol–water partition coefficient (Wildman–Crippen LogP) is 4.34. The molecule has 0 spiro atoms. The van der Waals surface area contributed by atoms with E-state index in [2.05, 4.69) is 4.98 Å². The van der Waals surface area contributed by atoms with Crippen LogP contribution in [0.5, 0.6) is 5.88 Å². The van der Waals surface area contributed by atoms with Crippen LogP contribution in [-0.2, 0) is 13.0 Å². The molecular weight excluding hydrogens is 404 g/mol. The Bertz CT molecular complexity index is 1240. The summed E-state index contributed by atoms with van der Waals surface area (Å²) in [5, 5.41) is 11.1. The molecule has 0 bridgehead atoms. The van der Waals surface area contributed by atoms with Gasteiger partial charge in [0.15, 0.2) is 11.5 Å². The van der Waals surface area contributed by atoms with Crippen molar-refractivity contribution in [1.29, 1.82) is 0 Å². The third kappa shape index (κ3) is 4.13. The van der Waals surface area contributed by atoms with E-state index in [-0.39, 0.29) is 23.1 Å². The smallest absolute Gasteiger partial charge is 0.310 e. The van der Waals surface area contributed by atoms with Crippen LogP contribution >= 0.6 is 11.3 Å². The molecule has 0 unspecified atom stereocenters. The van der Waals surface area contributed by atoms with Gasteiger partial charge in [-0.25, -0.2) is 4.98 Å². The van der Waals surface area contributed by atoms with E-state index in [0.29, 0.717) is 35.8 Å². The van der Waals surface area contributed by atoms with E-state index in [4.69, 9.17) is 8.83 Å². The third-order valence-corrected chi connectivity index (χ3v) is 5.56. The molecule has 1 N–H and O–H groups in total. The average molecular weight is 424 g/mol. The van der Waals surface area contributed by atoms with Crippen molar-refractivity contribution >= 4 is 17.1 Å². The summed E-state index contributed by atoms with van der Waals surface area (Å²) in [5.41, 5.74) is 2.15. The Morgan fingerprint density at radius 2 is 1.90 bits per heavy atom. The number of carbonyl (C=O) groups excluding carboxylic acids is 1. The number of aryl methyl sites for hydroxylation is 3. The van der Waals surface area contributed by atoms with Gasteiger partial charge in [0.25, 0.3) is 5.89 Å². The number of Topliss-reactive ketones (excluding diaryl/α,β-unsaturated/α-hetero) is 1. The monoisotopic (exact) mass is 424 g/mol. The molecule has 3 heterocycles. The Labute approximate surface area is 176 Å². The van der Waals surface area contributed by atoms with Crippen molar-refractivity contribution in [3.63, 3.8) is 0 Å². The normalized spacial score (nSPS) is 11.1. The second kappa shape index (κ2) is 8.16. The number of nitrogens with zero attached hydrogens (tertiary/aromatic N) is 2. The first-order valence-corrected chi connectivity index (χ1v) is 10.3. The summed E-state index contributed by atoms with van der Waals surface area (Å²) in [4.78, 5) is 28.5. The number of benzene rings is 1. The first kappa shape index (κ1) is 19.9. The molecule has 0 aliphatic rings. The molecule has 30 heavy (non-hydrogen) atoms. The molecule has 4 rings (SSSR count). The summed E-state index contributed by atoms with van der Waals surface area (Å²) in [7, 11) is 0. The lowest BCUT2D eigenvalue weighted by molar-refractivity contribution is 0.0982. The van der Waals surface area contributed by atoms with Crippen LogP contribution < -0.4 is 4.87 Å². The van der Waals surface area contributed by atoms with Crippen LogP contribution in [0.2, 0.25) is 0 Å². The number of carbonyl (C=O) groups is 1. The maximum Gasteiger partial charge on any atom is 0.310 e. The van der Waals surface area contributed by atoms with Gasteiger partial charge in [0.2, 0.25) is 5.88 Å². The first-order valence-electron chi connectivity index (χ1n) is 9.43. The summed E-state index contributed by atoms with van der Waals surface area (Å²) in [5.74, 6) is 2.37. The second-order valence-corrected chi connectivity index (χ2v) is 7.82. The lowest BCUT2D eigenvalue weighted by atomic mass is 10.0. The zero-order valence-corrected chi connectivity index (χ0v) is 17.4. The van der Waals surface area contributed by atoms with Gasteiger partial charge < -0.3 is 13.9 Å². The maximum atomic E-state index is 12.6. The molecule has 0 fully saturated rings. The van der Waals surface area contributed by atoms with Gasteiger partial charge in [0.1, 0.15) is 11.5 Å². The quantitative estimate of drug-likeness (QED) is 0.443. The van der Waals surface area contributed by atoms with Crippen LogP contribution in [0.15, 0.2) is 55.4 Å². The molecule has 0 saturated heterocycles. The number of rotatable bonds is 7. The van der Waals surface area contributed by atoms with E-state index >= 15 is 0 Å². The number of hydrogen-bond acceptors (Lipinski definition) is 7. The zero-order valence-electron chi connectivity index (χ0n) is 16.5. The van der Waals surface area contributed by atoms with Crippen molar-refractivity contribution in [1.82, 2.24) is 9.55 Å². The van der Waals surface area contributed by atoms with Crippen LogP contribution in [0.1, 0.15) is 39.6 Å². The first-order chi connectivity index (χ1) is 14.4. The molecule has 3 aromatic heterocycles. The Hall–Kier alpha value is -3.39. The van der Waals surface area contributed by atoms with E-state index < -0.39 is 0 Å². The van der Waals surface area contributed by atoms with Crippen LogP contribution in [0.4, 0.5) is 0 Å². The SMILES string of the molecule is Cc1ccc(-c2nc(CCC(=O)c3ccc(Cn4c(O)csc4=O)cc3)c(C)o2)o1. The fraction of sp³-hybridized carbons (Fsp3) is 0.227. The van der Waals surface area contributed by atoms with E-state index in [0.717, 1.165) is 28.4 Å². The fourth-order valence-corrected chi connectivity index (χ4v) is 3.76. The van der Waals surface area contributed by atoms with Gasteiger partial charge in [0, 0.05) is 18.4 Å². The molecule has 0 aliphatic carbocycles. The van der Waals surface area contributed by atoms with Crippen LogP contribution in [0.3, 0.4) is 0 Å². The van der Waals surface area contributed by atoms with Crippen molar-refractivity contribution < 1.29 is 18.7 Å². The largest absolute Gasteiger partial charge is 0.494 e. The van der Waals surface area contributed by atoms with Crippen LogP contribution in [0, 0.1) is 13.8 Å². The minimum absolute atomic E-state index is 0.00473. The molecule has 0 aliphatic heterocycles. The van der Waals surface area contributed by atoms with E-state index in [9.17, 15) is 14.7 Å². The number of aromatic nitrogens is 2. The fourth-order valence-electron chi connectivity index (χ4n) is 3.14. The molecular formula is C22H20N2O5S. The van der Waals surface area contributed by atoms with Gasteiger partial charge in [-0.15, -0.1) is 0 Å². The van der Waals surface area contributed by atoms with Gasteiger partial charge in [-0.2, -0.15) is 0 Å². The van der Waals surface area contributed by atoms with E-state index in [1.807, 2.05) is 19.9 Å². The lowest BCUT2D eigenvalue weighted by Gasteiger charge is -2.05. The number of oxazole rings is 1. The molecule has 1 aromatic carbocycles. The standard InChI is InChI=1S/C22H20N2O5S/c1-13-3-10-19(28-13)21-23-17(14(2)29-21)8-9-18(25)16-6-4-15(5-7-16)11-24-20(26)12-30-22(24)27/h3-7,10,12,26H,8-9,11H2,1-2H3. The maximum absolute atomic E-state index is 12.6. The highest BCUT2D eigenvalue weighted by atomic mass is 32.1. The molecule has 0 saturated carbocycles. The lowest BCUT2D eigenvalue weighted by Crippen LogP contribution is -2.13. The molecule has 0 radical (unpaired) electrons. The molecule has 7 nitrogen and oxygen atoms in total. The van der Waals surface area contributed by atoms with Crippen molar-refractivity contribution in [3.05, 3.63) is 79.8 Å². The summed E-state index contributed by atoms with van der Waals surface area (Å²) < 4.78 is 12.5. The Morgan fingerprint density at radius 3 is 2.53 bits per heavy atom. The van der Waals surface area contributed by atoms with E-state index in [1.54, 1.807) is 30.3 Å². The number of furan rings is 1. The topological polar surface area (TPSA) is 98.5 Å². The van der Waals surface area contributed by atoms with Crippen molar-refractivity contribution in [2.75, 3.05) is 0 Å². The molecule has 0 amide bonds. The van der Waals surface area contributed by atoms with Gasteiger partial charge in [-0.3, -0.25) is 14.2 Å². The highest BCUT2D eigenvalue weighted by molar-refractivity contribution is 7.07. The molecule has 8 heteroatoms. The Kier molecular flexibility index (Phi) is 5.41. The minimum Gasteiger partial charge on any atom is -0.494 e. The predicted molar refractivity (Wildman–Crippen MR) is 112 cm³/mol. The number of thiazole rings is 1. The van der Waals surface area contributed by atoms with Crippen molar-refractivity contribution in [2.45, 2.75) is 33.2 Å². The van der Waals surface area contributed by atoms with Crippen molar-refractivity contribution in [2.24, 2.45) is 0 Å². The van der Waals surface area contributed by atoms with Gasteiger partial charge >= 0.3 is 4.87 Å². The molecule has 0 atom stereocenters. The second-order valence-electron chi connectivity index (χ2n) is 7.00. The van der Waals surface area contributed by atoms with Crippen molar-refractivity contribution in [3.8, 4) is 17.5 Å². The van der Waals surface area contributed by atoms with Crippen LogP contribution in [0.25, 0.3) is 11.7 Å². The van der Waals surface area contributed by atoms with E-state index in [1.165, 1.54) is 9.95 Å². The number of ketones is 1.